The van der Waals surface area contributed by atoms with Crippen LogP contribution in [0.5, 0.6) is 0 Å². The van der Waals surface area contributed by atoms with Gasteiger partial charge in [-0.3, -0.25) is 4.57 Å². The summed E-state index contributed by atoms with van der Waals surface area (Å²) in [7, 11) is 0. The van der Waals surface area contributed by atoms with Gasteiger partial charge in [-0.05, 0) is 13.8 Å². The molecule has 1 aliphatic rings. The normalized spacial score (nSPS) is 23.3. The average molecular weight is 234 g/mol. The molecule has 5 heteroatoms. The summed E-state index contributed by atoms with van der Waals surface area (Å²) < 4.78 is 1.78. The lowest BCUT2D eigenvalue weighted by atomic mass is 10.3. The van der Waals surface area contributed by atoms with E-state index in [1.807, 2.05) is 6.20 Å². The molecule has 0 aromatic carbocycles. The summed E-state index contributed by atoms with van der Waals surface area (Å²) in [5.41, 5.74) is 0.675. The van der Waals surface area contributed by atoms with Crippen molar-refractivity contribution in [3.05, 3.63) is 23.8 Å². The summed E-state index contributed by atoms with van der Waals surface area (Å²) in [6.45, 7) is 5.24. The van der Waals surface area contributed by atoms with E-state index >= 15 is 0 Å². The molecule has 0 aliphatic carbocycles. The molecule has 1 aromatic heterocycles. The quantitative estimate of drug-likeness (QED) is 0.734. The Morgan fingerprint density at radius 3 is 3.12 bits per heavy atom. The van der Waals surface area contributed by atoms with Gasteiger partial charge in [-0.15, -0.1) is 11.8 Å². The van der Waals surface area contributed by atoms with E-state index in [9.17, 15) is 5.26 Å². The lowest BCUT2D eigenvalue weighted by Gasteiger charge is -2.22. The predicted molar refractivity (Wildman–Crippen MR) is 65.4 cm³/mol. The number of imidazole rings is 1. The topological polar surface area (TPSA) is 44.9 Å². The predicted octanol–water partition coefficient (Wildman–Crippen LogP) is 1.99. The van der Waals surface area contributed by atoms with Gasteiger partial charge in [0.15, 0.2) is 5.70 Å². The molecule has 16 heavy (non-hydrogen) atoms. The summed E-state index contributed by atoms with van der Waals surface area (Å²) >= 11 is 1.75. The van der Waals surface area contributed by atoms with Crippen molar-refractivity contribution in [3.8, 4) is 6.07 Å². The summed E-state index contributed by atoms with van der Waals surface area (Å²) in [6, 6.07) is 2.77. The van der Waals surface area contributed by atoms with Crippen LogP contribution in [-0.2, 0) is 0 Å². The molecule has 2 heterocycles. The Bertz CT molecular complexity index is 429. The van der Waals surface area contributed by atoms with Crippen molar-refractivity contribution in [2.24, 2.45) is 0 Å². The average Bonchev–Trinajstić information content (AvgIpc) is 2.90. The molecule has 1 unspecified atom stereocenters. The first-order valence-electron chi connectivity index (χ1n) is 5.30. The number of rotatable bonds is 2. The number of nitriles is 1. The molecular weight excluding hydrogens is 220 g/mol. The fraction of sp³-hybridized carbons (Fsp3) is 0.455. The zero-order chi connectivity index (χ0) is 11.5. The van der Waals surface area contributed by atoms with E-state index in [1.54, 1.807) is 28.9 Å². The maximum absolute atomic E-state index is 9.26. The second-order valence-corrected chi connectivity index (χ2v) is 4.69. The third kappa shape index (κ3) is 1.81. The van der Waals surface area contributed by atoms with Crippen LogP contribution in [0.2, 0.25) is 0 Å². The Morgan fingerprint density at radius 1 is 1.75 bits per heavy atom. The number of thioether (sulfide) groups is 1. The highest BCUT2D eigenvalue weighted by Gasteiger charge is 2.27. The molecule has 1 saturated heterocycles. The number of hydrogen-bond acceptors (Lipinski definition) is 4. The van der Waals surface area contributed by atoms with Gasteiger partial charge in [-0.1, -0.05) is 0 Å². The third-order valence-electron chi connectivity index (χ3n) is 2.67. The summed E-state index contributed by atoms with van der Waals surface area (Å²) in [4.78, 5) is 6.25. The van der Waals surface area contributed by atoms with Gasteiger partial charge in [0, 0.05) is 30.7 Å². The van der Waals surface area contributed by atoms with Gasteiger partial charge >= 0.3 is 0 Å². The molecule has 1 aromatic rings. The molecule has 0 N–H and O–H groups in total. The number of aromatic nitrogens is 2. The maximum Gasteiger partial charge on any atom is 0.155 e. The Hall–Kier alpha value is -1.41. The van der Waals surface area contributed by atoms with Crippen molar-refractivity contribution in [2.45, 2.75) is 19.9 Å². The molecule has 1 aliphatic heterocycles. The summed E-state index contributed by atoms with van der Waals surface area (Å²) in [6.07, 6.45) is 5.17. The highest BCUT2D eigenvalue weighted by atomic mass is 32.2. The maximum atomic E-state index is 9.26. The van der Waals surface area contributed by atoms with E-state index in [-0.39, 0.29) is 0 Å². The highest BCUT2D eigenvalue weighted by Crippen LogP contribution is 2.35. The van der Waals surface area contributed by atoms with Crippen LogP contribution in [0.3, 0.4) is 0 Å². The molecule has 0 spiro atoms. The minimum absolute atomic E-state index is 0.497. The van der Waals surface area contributed by atoms with Gasteiger partial charge in [0.1, 0.15) is 11.1 Å². The van der Waals surface area contributed by atoms with E-state index in [0.717, 1.165) is 17.3 Å². The van der Waals surface area contributed by atoms with Crippen LogP contribution in [-0.4, -0.2) is 32.8 Å². The Balaban J connectivity index is 2.43. The zero-order valence-electron chi connectivity index (χ0n) is 9.42. The number of allylic oxidation sites excluding steroid dienone is 1. The SMILES string of the molecule is CCN1/C(=C(\C#N)n2ccnc2)SCC1C. The monoisotopic (exact) mass is 234 g/mol. The molecule has 1 fully saturated rings. The summed E-state index contributed by atoms with van der Waals surface area (Å²) in [5.74, 6) is 1.04. The molecule has 0 saturated carbocycles. The fourth-order valence-corrected chi connectivity index (χ4v) is 3.18. The molecule has 2 rings (SSSR count). The number of hydrogen-bond donors (Lipinski definition) is 0. The smallest absolute Gasteiger partial charge is 0.155 e. The first-order valence-corrected chi connectivity index (χ1v) is 6.28. The zero-order valence-corrected chi connectivity index (χ0v) is 10.2. The van der Waals surface area contributed by atoms with Crippen LogP contribution in [0.4, 0.5) is 0 Å². The largest absolute Gasteiger partial charge is 0.361 e. The summed E-state index contributed by atoms with van der Waals surface area (Å²) in [5, 5.41) is 10.3. The Labute approximate surface area is 99.6 Å². The van der Waals surface area contributed by atoms with Crippen molar-refractivity contribution in [1.29, 1.82) is 5.26 Å². The number of nitrogens with zero attached hydrogens (tertiary/aromatic N) is 4. The van der Waals surface area contributed by atoms with Crippen molar-refractivity contribution in [1.82, 2.24) is 14.5 Å². The van der Waals surface area contributed by atoms with Crippen molar-refractivity contribution in [3.63, 3.8) is 0 Å². The fourth-order valence-electron chi connectivity index (χ4n) is 1.84. The Morgan fingerprint density at radius 2 is 2.56 bits per heavy atom. The van der Waals surface area contributed by atoms with Gasteiger partial charge in [-0.2, -0.15) is 5.26 Å². The minimum atomic E-state index is 0.497. The van der Waals surface area contributed by atoms with Crippen LogP contribution in [0.1, 0.15) is 13.8 Å². The van der Waals surface area contributed by atoms with Crippen molar-refractivity contribution >= 4 is 17.5 Å². The third-order valence-corrected chi connectivity index (χ3v) is 4.02. The van der Waals surface area contributed by atoms with Crippen LogP contribution < -0.4 is 0 Å². The van der Waals surface area contributed by atoms with E-state index < -0.39 is 0 Å². The van der Waals surface area contributed by atoms with Gasteiger partial charge in [-0.25, -0.2) is 4.98 Å². The second kappa shape index (κ2) is 4.62. The van der Waals surface area contributed by atoms with Crippen molar-refractivity contribution < 1.29 is 0 Å². The van der Waals surface area contributed by atoms with E-state index in [4.69, 9.17) is 0 Å². The molecule has 1 atom stereocenters. The van der Waals surface area contributed by atoms with Crippen LogP contribution in [0.25, 0.3) is 5.70 Å². The molecule has 0 radical (unpaired) electrons. The van der Waals surface area contributed by atoms with E-state index in [0.29, 0.717) is 11.7 Å². The first kappa shape index (κ1) is 11.1. The van der Waals surface area contributed by atoms with Crippen LogP contribution in [0, 0.1) is 11.3 Å². The van der Waals surface area contributed by atoms with E-state index in [1.165, 1.54) is 0 Å². The highest BCUT2D eigenvalue weighted by molar-refractivity contribution is 8.03. The standard InChI is InChI=1S/C11H14N4S/c1-3-15-9(2)7-16-11(15)10(6-12)14-5-4-13-8-14/h4-5,8-9H,3,7H2,1-2H3/b11-10-. The van der Waals surface area contributed by atoms with Crippen LogP contribution in [0.15, 0.2) is 23.8 Å². The van der Waals surface area contributed by atoms with Gasteiger partial charge in [0.2, 0.25) is 0 Å². The molecule has 4 nitrogen and oxygen atoms in total. The minimum Gasteiger partial charge on any atom is -0.361 e. The molecule has 0 amide bonds. The molecule has 84 valence electrons. The first-order chi connectivity index (χ1) is 7.77. The van der Waals surface area contributed by atoms with E-state index in [2.05, 4.69) is 29.8 Å². The van der Waals surface area contributed by atoms with Crippen LogP contribution >= 0.6 is 11.8 Å². The molecular formula is C11H14N4S. The van der Waals surface area contributed by atoms with Gasteiger partial charge in [0.05, 0.1) is 6.33 Å². The lowest BCUT2D eigenvalue weighted by Crippen LogP contribution is -2.27. The lowest BCUT2D eigenvalue weighted by molar-refractivity contribution is 0.337. The second-order valence-electron chi connectivity index (χ2n) is 3.68. The van der Waals surface area contributed by atoms with Gasteiger partial charge in [0.25, 0.3) is 0 Å². The van der Waals surface area contributed by atoms with Gasteiger partial charge < -0.3 is 4.90 Å². The Kier molecular flexibility index (Phi) is 3.20. The van der Waals surface area contributed by atoms with Crippen molar-refractivity contribution in [2.75, 3.05) is 12.3 Å². The molecule has 0 bridgehead atoms.